The third kappa shape index (κ3) is 2.50. The first-order valence-corrected chi connectivity index (χ1v) is 4.00. The molecular formula is C9H9N3O2. The first-order chi connectivity index (χ1) is 6.63. The van der Waals surface area contributed by atoms with Gasteiger partial charge in [-0.15, -0.1) is 0 Å². The zero-order chi connectivity index (χ0) is 10.6. The Labute approximate surface area is 80.6 Å². The van der Waals surface area contributed by atoms with Gasteiger partial charge in [0.2, 0.25) is 0 Å². The number of hydrogen-bond donors (Lipinski definition) is 1. The van der Waals surface area contributed by atoms with Gasteiger partial charge in [0.05, 0.1) is 6.42 Å². The molecule has 0 unspecified atom stereocenters. The molecule has 72 valence electrons. The molecule has 0 heterocycles. The molecule has 0 saturated heterocycles. The topological polar surface area (TPSA) is 86.1 Å². The fraction of sp³-hybridized carbons (Fsp3) is 0.222. The summed E-state index contributed by atoms with van der Waals surface area (Å²) in [5.74, 6) is -0.902. The molecule has 0 aromatic heterocycles. The first kappa shape index (κ1) is 10.1. The first-order valence-electron chi connectivity index (χ1n) is 4.00. The van der Waals surface area contributed by atoms with Gasteiger partial charge >= 0.3 is 5.97 Å². The van der Waals surface area contributed by atoms with Gasteiger partial charge in [0, 0.05) is 10.6 Å². The molecule has 0 atom stereocenters. The Hall–Kier alpha value is -2.00. The summed E-state index contributed by atoms with van der Waals surface area (Å²) >= 11 is 0. The van der Waals surface area contributed by atoms with Gasteiger partial charge in [-0.25, -0.2) is 0 Å². The fourth-order valence-electron chi connectivity index (χ4n) is 1.10. The molecule has 0 bridgehead atoms. The Morgan fingerprint density at radius 1 is 1.64 bits per heavy atom. The lowest BCUT2D eigenvalue weighted by Crippen LogP contribution is -1.99. The van der Waals surface area contributed by atoms with E-state index in [2.05, 4.69) is 10.0 Å². The molecule has 14 heavy (non-hydrogen) atoms. The number of carboxylic acids is 1. The van der Waals surface area contributed by atoms with E-state index in [0.29, 0.717) is 11.3 Å². The Kier molecular flexibility index (Phi) is 3.09. The van der Waals surface area contributed by atoms with Crippen LogP contribution in [-0.4, -0.2) is 11.1 Å². The van der Waals surface area contributed by atoms with Gasteiger partial charge in [-0.05, 0) is 29.6 Å². The quantitative estimate of drug-likeness (QED) is 0.452. The fourth-order valence-corrected chi connectivity index (χ4v) is 1.10. The number of azide groups is 1. The van der Waals surface area contributed by atoms with Crippen molar-refractivity contribution in [3.05, 3.63) is 39.8 Å². The lowest BCUT2D eigenvalue weighted by Gasteiger charge is -2.01. The maximum Gasteiger partial charge on any atom is 0.307 e. The van der Waals surface area contributed by atoms with Gasteiger partial charge in [0.1, 0.15) is 0 Å². The maximum absolute atomic E-state index is 10.4. The molecule has 0 amide bonds. The van der Waals surface area contributed by atoms with Crippen LogP contribution in [0.3, 0.4) is 0 Å². The summed E-state index contributed by atoms with van der Waals surface area (Å²) in [5, 5.41) is 12.0. The lowest BCUT2D eigenvalue weighted by atomic mass is 10.1. The second-order valence-electron chi connectivity index (χ2n) is 2.88. The molecule has 5 nitrogen and oxygen atoms in total. The second-order valence-corrected chi connectivity index (χ2v) is 2.88. The van der Waals surface area contributed by atoms with Crippen molar-refractivity contribution in [3.63, 3.8) is 0 Å². The van der Waals surface area contributed by atoms with Gasteiger partial charge in [0.15, 0.2) is 0 Å². The van der Waals surface area contributed by atoms with Crippen LogP contribution in [0, 0.1) is 6.92 Å². The molecule has 1 N–H and O–H groups in total. The zero-order valence-electron chi connectivity index (χ0n) is 7.64. The Morgan fingerprint density at radius 2 is 2.36 bits per heavy atom. The molecule has 0 fully saturated rings. The number of hydrogen-bond acceptors (Lipinski definition) is 2. The minimum Gasteiger partial charge on any atom is -0.481 e. The minimum absolute atomic E-state index is 0.0613. The van der Waals surface area contributed by atoms with E-state index in [1.54, 1.807) is 25.1 Å². The highest BCUT2D eigenvalue weighted by atomic mass is 16.4. The van der Waals surface area contributed by atoms with E-state index in [0.717, 1.165) is 5.56 Å². The molecule has 0 spiro atoms. The number of benzene rings is 1. The summed E-state index contributed by atoms with van der Waals surface area (Å²) in [4.78, 5) is 13.1. The van der Waals surface area contributed by atoms with E-state index in [1.807, 2.05) is 0 Å². The molecule has 1 aromatic rings. The summed E-state index contributed by atoms with van der Waals surface area (Å²) in [6, 6.07) is 5.03. The highest BCUT2D eigenvalue weighted by molar-refractivity contribution is 5.70. The van der Waals surface area contributed by atoms with E-state index in [4.69, 9.17) is 10.6 Å². The average Bonchev–Trinajstić information content (AvgIpc) is 2.10. The normalized spacial score (nSPS) is 9.21. The summed E-state index contributed by atoms with van der Waals surface area (Å²) < 4.78 is 0. The van der Waals surface area contributed by atoms with Crippen molar-refractivity contribution in [2.24, 2.45) is 5.11 Å². The second kappa shape index (κ2) is 4.30. The zero-order valence-corrected chi connectivity index (χ0v) is 7.64. The van der Waals surface area contributed by atoms with Crippen LogP contribution in [-0.2, 0) is 11.2 Å². The monoisotopic (exact) mass is 191 g/mol. The maximum atomic E-state index is 10.4. The molecule has 0 aliphatic heterocycles. The summed E-state index contributed by atoms with van der Waals surface area (Å²) in [6.45, 7) is 1.80. The van der Waals surface area contributed by atoms with Crippen LogP contribution in [0.5, 0.6) is 0 Å². The van der Waals surface area contributed by atoms with Gasteiger partial charge in [-0.3, -0.25) is 4.79 Å². The van der Waals surface area contributed by atoms with Crippen molar-refractivity contribution in [3.8, 4) is 0 Å². The average molecular weight is 191 g/mol. The number of carbonyl (C=O) groups is 1. The molecule has 5 heteroatoms. The largest absolute Gasteiger partial charge is 0.481 e. The number of carboxylic acid groups (broad SMARTS) is 1. The van der Waals surface area contributed by atoms with Gasteiger partial charge in [-0.2, -0.15) is 0 Å². The van der Waals surface area contributed by atoms with Gasteiger partial charge < -0.3 is 5.11 Å². The highest BCUT2D eigenvalue weighted by Gasteiger charge is 2.02. The number of aryl methyl sites for hydroxylation is 1. The Balaban J connectivity index is 3.05. The van der Waals surface area contributed by atoms with E-state index in [9.17, 15) is 4.79 Å². The third-order valence-electron chi connectivity index (χ3n) is 1.78. The molecular weight excluding hydrogens is 182 g/mol. The smallest absolute Gasteiger partial charge is 0.307 e. The number of rotatable bonds is 3. The van der Waals surface area contributed by atoms with Crippen LogP contribution in [0.15, 0.2) is 23.3 Å². The number of aliphatic carboxylic acids is 1. The lowest BCUT2D eigenvalue weighted by molar-refractivity contribution is -0.136. The minimum atomic E-state index is -0.902. The summed E-state index contributed by atoms with van der Waals surface area (Å²) in [6.07, 6.45) is -0.0613. The Bertz CT molecular complexity index is 409. The molecule has 0 saturated carbocycles. The van der Waals surface area contributed by atoms with Crippen molar-refractivity contribution in [1.82, 2.24) is 0 Å². The molecule has 0 radical (unpaired) electrons. The van der Waals surface area contributed by atoms with Gasteiger partial charge in [0.25, 0.3) is 0 Å². The van der Waals surface area contributed by atoms with Crippen molar-refractivity contribution in [2.75, 3.05) is 0 Å². The van der Waals surface area contributed by atoms with Gasteiger partial charge in [-0.1, -0.05) is 17.2 Å². The van der Waals surface area contributed by atoms with Crippen LogP contribution in [0.2, 0.25) is 0 Å². The van der Waals surface area contributed by atoms with Crippen LogP contribution in [0.25, 0.3) is 10.4 Å². The van der Waals surface area contributed by atoms with E-state index >= 15 is 0 Å². The van der Waals surface area contributed by atoms with Crippen molar-refractivity contribution in [1.29, 1.82) is 0 Å². The predicted molar refractivity (Wildman–Crippen MR) is 51.3 cm³/mol. The molecule has 0 aliphatic rings. The SMILES string of the molecule is Cc1ccc(CC(=O)O)cc1N=[N+]=[N-]. The van der Waals surface area contributed by atoms with Crippen molar-refractivity contribution >= 4 is 11.7 Å². The van der Waals surface area contributed by atoms with Crippen LogP contribution >= 0.6 is 0 Å². The molecule has 1 rings (SSSR count). The Morgan fingerprint density at radius 3 is 2.93 bits per heavy atom. The highest BCUT2D eigenvalue weighted by Crippen LogP contribution is 2.20. The van der Waals surface area contributed by atoms with E-state index < -0.39 is 5.97 Å². The van der Waals surface area contributed by atoms with Crippen LogP contribution in [0.4, 0.5) is 5.69 Å². The van der Waals surface area contributed by atoms with Crippen molar-refractivity contribution in [2.45, 2.75) is 13.3 Å². The number of nitrogens with zero attached hydrogens (tertiary/aromatic N) is 3. The van der Waals surface area contributed by atoms with Crippen molar-refractivity contribution < 1.29 is 9.90 Å². The van der Waals surface area contributed by atoms with Crippen LogP contribution in [0.1, 0.15) is 11.1 Å². The summed E-state index contributed by atoms with van der Waals surface area (Å²) in [7, 11) is 0. The predicted octanol–water partition coefficient (Wildman–Crippen LogP) is 2.56. The third-order valence-corrected chi connectivity index (χ3v) is 1.78. The van der Waals surface area contributed by atoms with Crippen LogP contribution < -0.4 is 0 Å². The van der Waals surface area contributed by atoms with E-state index in [1.165, 1.54) is 0 Å². The standard InChI is InChI=1S/C9H9N3O2/c1-6-2-3-7(5-9(13)14)4-8(6)11-12-10/h2-4H,5H2,1H3,(H,13,14). The molecule has 1 aromatic carbocycles. The van der Waals surface area contributed by atoms with E-state index in [-0.39, 0.29) is 6.42 Å². The molecule has 0 aliphatic carbocycles. The summed E-state index contributed by atoms with van der Waals surface area (Å²) in [5.41, 5.74) is 10.2.